The van der Waals surface area contributed by atoms with Gasteiger partial charge < -0.3 is 29.7 Å². The molecular weight excluding hydrogens is 741 g/mol. The first-order valence-corrected chi connectivity index (χ1v) is 22.6. The van der Waals surface area contributed by atoms with Gasteiger partial charge in [-0.05, 0) is 109 Å². The molecule has 4 aliphatic carbocycles. The van der Waals surface area contributed by atoms with E-state index in [4.69, 9.17) is 14.5 Å². The smallest absolute Gasteiger partial charge is 0.160 e. The summed E-state index contributed by atoms with van der Waals surface area (Å²) in [6.07, 6.45) is 10.2. The maximum Gasteiger partial charge on any atom is 0.160 e. The Morgan fingerprint density at radius 2 is 1.71 bits per heavy atom. The van der Waals surface area contributed by atoms with Crippen LogP contribution in [0.5, 0.6) is 0 Å². The zero-order chi connectivity index (χ0) is 42.2. The number of aryl methyl sites for hydroxylation is 1. The lowest BCUT2D eigenvalue weighted by Crippen LogP contribution is -2.68. The number of hydrogen-bond donors (Lipinski definition) is 3. The number of aliphatic imine (C=N–C) groups is 1. The van der Waals surface area contributed by atoms with Gasteiger partial charge in [0.2, 0.25) is 0 Å². The van der Waals surface area contributed by atoms with Gasteiger partial charge in [0.05, 0.1) is 35.2 Å². The highest BCUT2D eigenvalue weighted by atomic mass is 16.6. The Kier molecular flexibility index (Phi) is 9.67. The molecule has 0 amide bonds. The van der Waals surface area contributed by atoms with E-state index in [0.717, 1.165) is 58.4 Å². The summed E-state index contributed by atoms with van der Waals surface area (Å²) in [4.78, 5) is 35.5. The Morgan fingerprint density at radius 3 is 2.41 bits per heavy atom. The number of fused-ring (bicyclic) bond motifs is 6. The van der Waals surface area contributed by atoms with Crippen LogP contribution in [0.15, 0.2) is 58.4 Å². The number of Topliss-reactive ketones (excluding diaryl/α,β-unsaturated/α-hetero) is 2. The fourth-order valence-electron chi connectivity index (χ4n) is 14.6. The average molecular weight is 809 g/mol. The van der Waals surface area contributed by atoms with Crippen molar-refractivity contribution in [2.75, 3.05) is 19.8 Å². The Balaban J connectivity index is 1.11. The molecule has 9 nitrogen and oxygen atoms in total. The lowest BCUT2D eigenvalue weighted by molar-refractivity contribution is -0.219. The van der Waals surface area contributed by atoms with Gasteiger partial charge in [0.1, 0.15) is 11.9 Å². The molecule has 5 fully saturated rings. The van der Waals surface area contributed by atoms with Crippen molar-refractivity contribution in [1.29, 1.82) is 0 Å². The van der Waals surface area contributed by atoms with Crippen LogP contribution in [-0.4, -0.2) is 87.2 Å². The fraction of sp³-hybridized carbons (Fsp3) is 0.700. The van der Waals surface area contributed by atoms with Crippen molar-refractivity contribution >= 4 is 17.3 Å². The molecule has 9 heteroatoms. The van der Waals surface area contributed by atoms with Crippen LogP contribution in [0.2, 0.25) is 0 Å². The van der Waals surface area contributed by atoms with E-state index >= 15 is 0 Å². The molecule has 4 heterocycles. The van der Waals surface area contributed by atoms with Crippen molar-refractivity contribution in [1.82, 2.24) is 4.90 Å². The van der Waals surface area contributed by atoms with E-state index < -0.39 is 28.6 Å². The van der Waals surface area contributed by atoms with Gasteiger partial charge in [-0.1, -0.05) is 65.3 Å². The molecule has 59 heavy (non-hydrogen) atoms. The van der Waals surface area contributed by atoms with Crippen molar-refractivity contribution in [2.45, 2.75) is 156 Å². The molecule has 0 spiro atoms. The Bertz CT molecular complexity index is 2070. The first-order valence-electron chi connectivity index (χ1n) is 22.6. The summed E-state index contributed by atoms with van der Waals surface area (Å²) < 4.78 is 11.5. The second-order valence-electron chi connectivity index (χ2n) is 22.0. The summed E-state index contributed by atoms with van der Waals surface area (Å²) in [7, 11) is 0. The quantitative estimate of drug-likeness (QED) is 0.221. The molecule has 2 saturated heterocycles. The number of nitrogens with zero attached hydrogens (tertiary/aromatic N) is 2. The van der Waals surface area contributed by atoms with E-state index in [1.54, 1.807) is 0 Å². The molecule has 8 aliphatic rings. The summed E-state index contributed by atoms with van der Waals surface area (Å²) >= 11 is 0. The molecule has 0 radical (unpaired) electrons. The molecule has 4 aliphatic heterocycles. The van der Waals surface area contributed by atoms with Crippen LogP contribution in [0.1, 0.15) is 123 Å². The molecule has 320 valence electrons. The van der Waals surface area contributed by atoms with Crippen LogP contribution in [0, 0.1) is 52.3 Å². The van der Waals surface area contributed by atoms with Crippen molar-refractivity contribution in [2.24, 2.45) is 50.3 Å². The van der Waals surface area contributed by atoms with Gasteiger partial charge in [-0.25, -0.2) is 0 Å². The Hall–Kier alpha value is -2.95. The number of rotatable bonds is 9. The van der Waals surface area contributed by atoms with Gasteiger partial charge in [0.25, 0.3) is 0 Å². The molecule has 1 aromatic carbocycles. The number of benzene rings is 1. The third kappa shape index (κ3) is 6.20. The third-order valence-electron chi connectivity index (χ3n) is 17.8. The molecule has 3 N–H and O–H groups in total. The van der Waals surface area contributed by atoms with Crippen molar-refractivity contribution < 1.29 is 34.4 Å². The standard InChI is InChI=1S/C50H68N2O7/c1-28-20-30(24-32(21-28)50(57)15-18-58-19-16-50)23-31-26-52(34-12-17-51-41(31)34)27-33-40-39(29(2)22-35(53)44-46(5,6)59-44)36(54)25-49(40,9)48(8)14-10-37-45(3,4)38(55)11-13-47(37,7)43(48)42(33)56/h12,17,20-21,24,26,29,33-35,37,42-44,53,56-57H,10-11,13-16,18-19,22-23,25,27H2,1-9H3. The van der Waals surface area contributed by atoms with Crippen molar-refractivity contribution in [3.05, 3.63) is 70.1 Å². The zero-order valence-electron chi connectivity index (χ0n) is 36.9. The number of ketones is 2. The van der Waals surface area contributed by atoms with Crippen LogP contribution >= 0.6 is 0 Å². The van der Waals surface area contributed by atoms with Crippen LogP contribution < -0.4 is 0 Å². The van der Waals surface area contributed by atoms with E-state index in [1.165, 1.54) is 0 Å². The molecule has 0 bridgehead atoms. The molecule has 1 aromatic rings. The van der Waals surface area contributed by atoms with E-state index in [0.29, 0.717) is 64.1 Å². The first kappa shape index (κ1) is 41.4. The van der Waals surface area contributed by atoms with E-state index in [2.05, 4.69) is 83.8 Å². The van der Waals surface area contributed by atoms with Crippen LogP contribution in [0.3, 0.4) is 0 Å². The van der Waals surface area contributed by atoms with Gasteiger partial charge in [0, 0.05) is 81.0 Å². The molecular formula is C50H68N2O7. The number of carbonyl (C=O) groups is 2. The number of hydrogen-bond acceptors (Lipinski definition) is 9. The van der Waals surface area contributed by atoms with Crippen molar-refractivity contribution in [3.63, 3.8) is 0 Å². The molecule has 0 aromatic heterocycles. The summed E-state index contributed by atoms with van der Waals surface area (Å²) in [5.41, 5.74) is 4.26. The summed E-state index contributed by atoms with van der Waals surface area (Å²) in [6.45, 7) is 21.0. The topological polar surface area (TPSA) is 132 Å². The Labute approximate surface area is 351 Å². The number of allylic oxidation sites excluding steroid dienone is 1. The predicted octanol–water partition coefficient (Wildman–Crippen LogP) is 7.33. The number of aliphatic hydroxyl groups is 3. The third-order valence-corrected chi connectivity index (χ3v) is 17.8. The SMILES string of the molecule is Cc1cc(CC2=CN(CC3C4=C(C(C)CC(O)C5OC5(C)C)C(=O)CC4(C)C4(C)CCC5C(C)(C)C(=O)CCC5(C)C4C3O)C3C=CN=C23)cc(C2(O)CCOCC2)c1. The lowest BCUT2D eigenvalue weighted by Gasteiger charge is -2.70. The maximum atomic E-state index is 14.7. The molecule has 9 rings (SSSR count). The highest BCUT2D eigenvalue weighted by molar-refractivity contribution is 6.09. The normalized spacial score (nSPS) is 39.9. The Morgan fingerprint density at radius 1 is 1.00 bits per heavy atom. The van der Waals surface area contributed by atoms with E-state index in [9.17, 15) is 24.9 Å². The van der Waals surface area contributed by atoms with Crippen LogP contribution in [-0.2, 0) is 31.1 Å². The van der Waals surface area contributed by atoms with E-state index in [-0.39, 0.29) is 58.0 Å². The highest BCUT2D eigenvalue weighted by Crippen LogP contribution is 2.75. The monoisotopic (exact) mass is 809 g/mol. The van der Waals surface area contributed by atoms with Gasteiger partial charge in [-0.3, -0.25) is 14.6 Å². The van der Waals surface area contributed by atoms with Crippen LogP contribution in [0.4, 0.5) is 0 Å². The molecule has 11 atom stereocenters. The highest BCUT2D eigenvalue weighted by Gasteiger charge is 2.72. The largest absolute Gasteiger partial charge is 0.392 e. The van der Waals surface area contributed by atoms with Gasteiger partial charge in [0.15, 0.2) is 5.78 Å². The van der Waals surface area contributed by atoms with Crippen molar-refractivity contribution in [3.8, 4) is 0 Å². The lowest BCUT2D eigenvalue weighted by atomic mass is 9.34. The summed E-state index contributed by atoms with van der Waals surface area (Å²) in [6, 6.07) is 6.37. The predicted molar refractivity (Wildman–Crippen MR) is 227 cm³/mol. The first-order chi connectivity index (χ1) is 27.6. The average Bonchev–Trinajstić information content (AvgIpc) is 3.44. The van der Waals surface area contributed by atoms with Gasteiger partial charge in [-0.15, -0.1) is 0 Å². The van der Waals surface area contributed by atoms with Crippen LogP contribution in [0.25, 0.3) is 0 Å². The molecule has 3 saturated carbocycles. The minimum atomic E-state index is -0.906. The number of ether oxygens (including phenoxy) is 2. The maximum absolute atomic E-state index is 14.7. The second-order valence-corrected chi connectivity index (χ2v) is 22.0. The van der Waals surface area contributed by atoms with E-state index in [1.807, 2.05) is 20.0 Å². The number of aliphatic hydroxyl groups excluding tert-OH is 2. The number of carbonyl (C=O) groups excluding carboxylic acids is 2. The number of epoxide rings is 1. The zero-order valence-corrected chi connectivity index (χ0v) is 36.9. The summed E-state index contributed by atoms with van der Waals surface area (Å²) in [5.74, 6) is -0.0679. The minimum absolute atomic E-state index is 0.0868. The molecule has 11 unspecified atom stereocenters. The minimum Gasteiger partial charge on any atom is -0.392 e. The fourth-order valence-corrected chi connectivity index (χ4v) is 14.6. The second kappa shape index (κ2) is 13.8. The van der Waals surface area contributed by atoms with Gasteiger partial charge >= 0.3 is 0 Å². The summed E-state index contributed by atoms with van der Waals surface area (Å²) in [5, 5.41) is 36.4. The van der Waals surface area contributed by atoms with Gasteiger partial charge in [-0.2, -0.15) is 0 Å².